The second kappa shape index (κ2) is 6.73. The number of ketones is 1. The lowest BCUT2D eigenvalue weighted by Crippen LogP contribution is -2.62. The predicted molar refractivity (Wildman–Crippen MR) is 89.1 cm³/mol. The maximum absolute atomic E-state index is 12.4. The van der Waals surface area contributed by atoms with Gasteiger partial charge in [-0.25, -0.2) is 5.06 Å². The van der Waals surface area contributed by atoms with Gasteiger partial charge in [0.15, 0.2) is 5.78 Å². The Balaban J connectivity index is 2.87. The van der Waals surface area contributed by atoms with Gasteiger partial charge < -0.3 is 9.63 Å². The van der Waals surface area contributed by atoms with E-state index in [-0.39, 0.29) is 35.6 Å². The van der Waals surface area contributed by atoms with Crippen LogP contribution in [0.2, 0.25) is 18.1 Å². The van der Waals surface area contributed by atoms with Crippen molar-refractivity contribution in [2.45, 2.75) is 71.6 Å². The number of amides is 1. The first-order valence-electron chi connectivity index (χ1n) is 8.11. The van der Waals surface area contributed by atoms with Crippen molar-refractivity contribution in [2.24, 2.45) is 11.8 Å². The van der Waals surface area contributed by atoms with Crippen molar-refractivity contribution in [1.29, 1.82) is 0 Å². The fourth-order valence-corrected chi connectivity index (χ4v) is 3.31. The van der Waals surface area contributed by atoms with E-state index in [9.17, 15) is 14.4 Å². The number of Topliss-reactive ketones (excluding diaryl/α,β-unsaturated/α-hetero) is 1. The number of β-lactam (4-membered cyclic amide) rings is 1. The van der Waals surface area contributed by atoms with Crippen molar-refractivity contribution in [3.63, 3.8) is 0 Å². The first-order valence-corrected chi connectivity index (χ1v) is 11.0. The first-order chi connectivity index (χ1) is 10.3. The molecular formula is C16H29NO5Si. The van der Waals surface area contributed by atoms with Gasteiger partial charge in [0.2, 0.25) is 14.2 Å². The van der Waals surface area contributed by atoms with Crippen LogP contribution in [0.15, 0.2) is 0 Å². The number of nitrogens with zero attached hydrogens (tertiary/aromatic N) is 1. The van der Waals surface area contributed by atoms with Gasteiger partial charge in [0, 0.05) is 5.92 Å². The topological polar surface area (TPSA) is 83.9 Å². The van der Waals surface area contributed by atoms with Crippen LogP contribution in [0.5, 0.6) is 0 Å². The van der Waals surface area contributed by atoms with E-state index in [0.717, 1.165) is 0 Å². The van der Waals surface area contributed by atoms with Gasteiger partial charge in [-0.05, 0) is 24.6 Å². The normalized spacial score (nSPS) is 21.6. The summed E-state index contributed by atoms with van der Waals surface area (Å²) in [5.41, 5.74) is 0. The van der Waals surface area contributed by atoms with Gasteiger partial charge in [-0.1, -0.05) is 34.6 Å². The van der Waals surface area contributed by atoms with Gasteiger partial charge in [-0.3, -0.25) is 14.4 Å². The van der Waals surface area contributed by atoms with Crippen molar-refractivity contribution in [3.05, 3.63) is 0 Å². The highest BCUT2D eigenvalue weighted by molar-refractivity contribution is 6.74. The van der Waals surface area contributed by atoms with Crippen LogP contribution in [0.3, 0.4) is 0 Å². The van der Waals surface area contributed by atoms with Crippen LogP contribution >= 0.6 is 0 Å². The number of hydrogen-bond acceptors (Lipinski definition) is 4. The highest BCUT2D eigenvalue weighted by Crippen LogP contribution is 2.40. The molecule has 1 rings (SSSR count). The molecule has 1 heterocycles. The summed E-state index contributed by atoms with van der Waals surface area (Å²) in [5.74, 6) is -3.13. The molecule has 0 bridgehead atoms. The second-order valence-electron chi connectivity index (χ2n) is 7.83. The zero-order valence-corrected chi connectivity index (χ0v) is 16.2. The first kappa shape index (κ1) is 19.8. The van der Waals surface area contributed by atoms with E-state index in [1.54, 1.807) is 13.8 Å². The third kappa shape index (κ3) is 4.01. The van der Waals surface area contributed by atoms with Gasteiger partial charge in [0.05, 0.1) is 12.5 Å². The summed E-state index contributed by atoms with van der Waals surface area (Å²) in [6.45, 7) is 13.7. The van der Waals surface area contributed by atoms with Crippen LogP contribution in [0.25, 0.3) is 0 Å². The van der Waals surface area contributed by atoms with Crippen molar-refractivity contribution < 1.29 is 24.0 Å². The number of carboxylic acid groups (broad SMARTS) is 1. The average molecular weight is 343 g/mol. The summed E-state index contributed by atoms with van der Waals surface area (Å²) >= 11 is 0. The van der Waals surface area contributed by atoms with Gasteiger partial charge in [-0.15, -0.1) is 0 Å². The van der Waals surface area contributed by atoms with E-state index >= 15 is 0 Å². The van der Waals surface area contributed by atoms with Gasteiger partial charge in [-0.2, -0.15) is 0 Å². The molecule has 0 aromatic heterocycles. The summed E-state index contributed by atoms with van der Waals surface area (Å²) in [5, 5.41) is 10.4. The van der Waals surface area contributed by atoms with Crippen LogP contribution in [0, 0.1) is 11.8 Å². The SMILES string of the molecule is CCC(C(=O)O)C(=O)C(C)C1CC(=O)N1O[Si](C)(C)C(C)(C)C. The fraction of sp³-hybridized carbons (Fsp3) is 0.812. The van der Waals surface area contributed by atoms with Crippen molar-refractivity contribution in [1.82, 2.24) is 5.06 Å². The maximum atomic E-state index is 12.4. The molecule has 23 heavy (non-hydrogen) atoms. The van der Waals surface area contributed by atoms with Crippen molar-refractivity contribution in [2.75, 3.05) is 0 Å². The van der Waals surface area contributed by atoms with E-state index < -0.39 is 26.1 Å². The third-order valence-corrected chi connectivity index (χ3v) is 9.40. The molecule has 0 aromatic carbocycles. The molecule has 0 spiro atoms. The molecule has 1 fully saturated rings. The minimum absolute atomic E-state index is 0.0618. The smallest absolute Gasteiger partial charge is 0.314 e. The number of hydroxylamine groups is 2. The summed E-state index contributed by atoms with van der Waals surface area (Å²) in [6.07, 6.45) is 0.486. The molecule has 0 radical (unpaired) electrons. The Labute approximate surface area is 139 Å². The van der Waals surface area contributed by atoms with Crippen LogP contribution in [0.4, 0.5) is 0 Å². The summed E-state index contributed by atoms with van der Waals surface area (Å²) in [4.78, 5) is 35.5. The van der Waals surface area contributed by atoms with Crippen LogP contribution in [-0.2, 0) is 18.9 Å². The van der Waals surface area contributed by atoms with Crippen LogP contribution in [0.1, 0.15) is 47.5 Å². The van der Waals surface area contributed by atoms with Crippen molar-refractivity contribution >= 4 is 26.0 Å². The summed E-state index contributed by atoms with van der Waals surface area (Å²) in [6, 6.07) is -0.363. The standard InChI is InChI=1S/C16H29NO5Si/c1-8-11(15(20)21)14(19)10(2)12-9-13(18)17(12)22-23(6,7)16(3,4)5/h10-12H,8-9H2,1-7H3,(H,20,21). The molecule has 3 atom stereocenters. The number of carbonyl (C=O) groups is 3. The number of carbonyl (C=O) groups excluding carboxylic acids is 2. The molecule has 0 aliphatic carbocycles. The Kier molecular flexibility index (Phi) is 5.80. The third-order valence-electron chi connectivity index (χ3n) is 5.14. The molecule has 7 heteroatoms. The Morgan fingerprint density at radius 1 is 1.39 bits per heavy atom. The highest BCUT2D eigenvalue weighted by atomic mass is 28.4. The number of aliphatic carboxylic acids is 1. The Bertz CT molecular complexity index is 497. The van der Waals surface area contributed by atoms with Gasteiger partial charge in [0.25, 0.3) is 0 Å². The molecule has 1 aliphatic heterocycles. The lowest BCUT2D eigenvalue weighted by Gasteiger charge is -2.48. The van der Waals surface area contributed by atoms with Gasteiger partial charge >= 0.3 is 5.97 Å². The van der Waals surface area contributed by atoms with E-state index in [4.69, 9.17) is 9.63 Å². The van der Waals surface area contributed by atoms with Crippen LogP contribution in [-0.4, -0.2) is 42.2 Å². The van der Waals surface area contributed by atoms with E-state index in [0.29, 0.717) is 0 Å². The number of hydrogen-bond donors (Lipinski definition) is 1. The lowest BCUT2D eigenvalue weighted by atomic mass is 9.83. The molecular weight excluding hydrogens is 314 g/mol. The number of rotatable bonds is 7. The largest absolute Gasteiger partial charge is 0.481 e. The molecule has 0 saturated carbocycles. The molecule has 1 aliphatic rings. The van der Waals surface area contributed by atoms with Gasteiger partial charge in [0.1, 0.15) is 5.92 Å². The molecule has 1 saturated heterocycles. The second-order valence-corrected chi connectivity index (χ2v) is 12.5. The molecule has 132 valence electrons. The summed E-state index contributed by atoms with van der Waals surface area (Å²) in [7, 11) is -2.18. The highest BCUT2D eigenvalue weighted by Gasteiger charge is 2.50. The molecule has 6 nitrogen and oxygen atoms in total. The van der Waals surface area contributed by atoms with Crippen LogP contribution < -0.4 is 0 Å². The zero-order valence-electron chi connectivity index (χ0n) is 15.2. The minimum Gasteiger partial charge on any atom is -0.481 e. The molecule has 1 N–H and O–H groups in total. The molecule has 0 aromatic rings. The number of carboxylic acids is 1. The Morgan fingerprint density at radius 3 is 2.26 bits per heavy atom. The zero-order chi connectivity index (χ0) is 18.2. The van der Waals surface area contributed by atoms with E-state index in [1.165, 1.54) is 5.06 Å². The fourth-order valence-electron chi connectivity index (χ4n) is 2.31. The monoisotopic (exact) mass is 343 g/mol. The average Bonchev–Trinajstić information content (AvgIpc) is 2.40. The lowest BCUT2D eigenvalue weighted by molar-refractivity contribution is -0.201. The minimum atomic E-state index is -2.18. The Hall–Kier alpha value is -1.21. The predicted octanol–water partition coefficient (Wildman–Crippen LogP) is 2.84. The quantitative estimate of drug-likeness (QED) is 0.436. The summed E-state index contributed by atoms with van der Waals surface area (Å²) < 4.78 is 6.03. The molecule has 1 amide bonds. The van der Waals surface area contributed by atoms with Crippen molar-refractivity contribution in [3.8, 4) is 0 Å². The molecule has 3 unspecified atom stereocenters. The maximum Gasteiger partial charge on any atom is 0.314 e. The van der Waals surface area contributed by atoms with E-state index in [1.807, 2.05) is 13.1 Å². The Morgan fingerprint density at radius 2 is 1.91 bits per heavy atom. The van der Waals surface area contributed by atoms with E-state index in [2.05, 4.69) is 20.8 Å².